The van der Waals surface area contributed by atoms with Gasteiger partial charge < -0.3 is 4.74 Å². The summed E-state index contributed by atoms with van der Waals surface area (Å²) in [5.74, 6) is -1.30. The minimum Gasteiger partial charge on any atom is -0.375 e. The van der Waals surface area contributed by atoms with Gasteiger partial charge in [-0.05, 0) is 68.7 Å². The molecule has 1 saturated heterocycles. The SMILES string of the molecule is Fc1cc(CCCCC2(c3ccccn3)CCOC3(CCCC3)C2)cnc1C(F)(F)F. The van der Waals surface area contributed by atoms with E-state index in [4.69, 9.17) is 4.74 Å². The van der Waals surface area contributed by atoms with Gasteiger partial charge in [0.2, 0.25) is 0 Å². The normalized spacial score (nSPS) is 23.4. The Hall–Kier alpha value is -2.02. The molecule has 0 radical (unpaired) electrons. The summed E-state index contributed by atoms with van der Waals surface area (Å²) in [5.41, 5.74) is 0.0573. The molecule has 3 nitrogen and oxygen atoms in total. The number of ether oxygens (including phenoxy) is 1. The van der Waals surface area contributed by atoms with E-state index in [1.807, 2.05) is 18.3 Å². The molecular formula is C24H28F4N2O. The molecule has 1 aliphatic carbocycles. The molecule has 0 amide bonds. The van der Waals surface area contributed by atoms with Crippen molar-refractivity contribution in [3.63, 3.8) is 0 Å². The van der Waals surface area contributed by atoms with Gasteiger partial charge in [0.25, 0.3) is 0 Å². The molecule has 1 unspecified atom stereocenters. The highest BCUT2D eigenvalue weighted by atomic mass is 19.4. The van der Waals surface area contributed by atoms with E-state index in [0.717, 1.165) is 69.5 Å². The van der Waals surface area contributed by atoms with E-state index in [1.54, 1.807) is 0 Å². The molecule has 4 rings (SSSR count). The minimum atomic E-state index is -4.77. The van der Waals surface area contributed by atoms with E-state index in [0.29, 0.717) is 12.0 Å². The summed E-state index contributed by atoms with van der Waals surface area (Å²) in [6.07, 6.45) is 7.77. The number of aryl methyl sites for hydroxylation is 1. The van der Waals surface area contributed by atoms with Crippen LogP contribution in [0.5, 0.6) is 0 Å². The van der Waals surface area contributed by atoms with Crippen LogP contribution in [-0.2, 0) is 22.7 Å². The first kappa shape index (κ1) is 22.2. The number of rotatable bonds is 6. The van der Waals surface area contributed by atoms with Crippen molar-refractivity contribution >= 4 is 0 Å². The lowest BCUT2D eigenvalue weighted by Gasteiger charge is -2.46. The second-order valence-electron chi connectivity index (χ2n) is 9.04. The number of hydrogen-bond acceptors (Lipinski definition) is 3. The Bertz CT molecular complexity index is 881. The van der Waals surface area contributed by atoms with Crippen LogP contribution in [0.3, 0.4) is 0 Å². The maximum atomic E-state index is 13.8. The predicted octanol–water partition coefficient (Wildman–Crippen LogP) is 6.41. The van der Waals surface area contributed by atoms with Crippen LogP contribution in [-0.4, -0.2) is 22.2 Å². The van der Waals surface area contributed by atoms with Gasteiger partial charge in [0.1, 0.15) is 0 Å². The van der Waals surface area contributed by atoms with Gasteiger partial charge in [0.05, 0.1) is 5.60 Å². The van der Waals surface area contributed by atoms with Crippen LogP contribution in [0.4, 0.5) is 17.6 Å². The number of alkyl halides is 3. The first-order chi connectivity index (χ1) is 14.8. The molecule has 2 aromatic heterocycles. The molecule has 168 valence electrons. The molecule has 1 atom stereocenters. The molecular weight excluding hydrogens is 408 g/mol. The Balaban J connectivity index is 1.42. The summed E-state index contributed by atoms with van der Waals surface area (Å²) in [4.78, 5) is 7.99. The summed E-state index contributed by atoms with van der Waals surface area (Å²) in [5, 5.41) is 0. The first-order valence-corrected chi connectivity index (χ1v) is 11.1. The Labute approximate surface area is 180 Å². The number of unbranched alkanes of at least 4 members (excludes halogenated alkanes) is 1. The zero-order valence-electron chi connectivity index (χ0n) is 17.6. The average molecular weight is 436 g/mol. The molecule has 1 saturated carbocycles. The van der Waals surface area contributed by atoms with E-state index in [-0.39, 0.29) is 11.0 Å². The van der Waals surface area contributed by atoms with Crippen molar-refractivity contribution in [3.8, 4) is 0 Å². The lowest BCUT2D eigenvalue weighted by molar-refractivity contribution is -0.143. The molecule has 2 fully saturated rings. The third-order valence-corrected chi connectivity index (χ3v) is 6.91. The van der Waals surface area contributed by atoms with Crippen LogP contribution in [0.25, 0.3) is 0 Å². The molecule has 0 bridgehead atoms. The third-order valence-electron chi connectivity index (χ3n) is 6.91. The fraction of sp³-hybridized carbons (Fsp3) is 0.583. The van der Waals surface area contributed by atoms with E-state index < -0.39 is 17.7 Å². The number of hydrogen-bond donors (Lipinski definition) is 0. The van der Waals surface area contributed by atoms with E-state index >= 15 is 0 Å². The monoisotopic (exact) mass is 436 g/mol. The maximum absolute atomic E-state index is 13.8. The Morgan fingerprint density at radius 1 is 1.03 bits per heavy atom. The van der Waals surface area contributed by atoms with Crippen molar-refractivity contribution in [2.75, 3.05) is 6.61 Å². The van der Waals surface area contributed by atoms with Crippen molar-refractivity contribution in [1.82, 2.24) is 9.97 Å². The third kappa shape index (κ3) is 4.92. The highest BCUT2D eigenvalue weighted by Gasteiger charge is 2.48. The fourth-order valence-corrected chi connectivity index (χ4v) is 5.41. The molecule has 3 heterocycles. The second-order valence-corrected chi connectivity index (χ2v) is 9.04. The van der Waals surface area contributed by atoms with Crippen molar-refractivity contribution in [2.24, 2.45) is 0 Å². The van der Waals surface area contributed by atoms with Crippen molar-refractivity contribution < 1.29 is 22.3 Å². The van der Waals surface area contributed by atoms with Gasteiger partial charge >= 0.3 is 6.18 Å². The van der Waals surface area contributed by atoms with Gasteiger partial charge in [0, 0.05) is 30.1 Å². The van der Waals surface area contributed by atoms with E-state index in [9.17, 15) is 17.6 Å². The van der Waals surface area contributed by atoms with Crippen molar-refractivity contribution in [1.29, 1.82) is 0 Å². The van der Waals surface area contributed by atoms with Gasteiger partial charge in [-0.25, -0.2) is 9.37 Å². The summed E-state index contributed by atoms with van der Waals surface area (Å²) in [7, 11) is 0. The molecule has 1 aliphatic heterocycles. The van der Waals surface area contributed by atoms with Crippen LogP contribution in [0.1, 0.15) is 74.7 Å². The summed E-state index contributed by atoms with van der Waals surface area (Å²) < 4.78 is 58.2. The second kappa shape index (κ2) is 8.85. The zero-order valence-corrected chi connectivity index (χ0v) is 17.6. The molecule has 7 heteroatoms. The summed E-state index contributed by atoms with van der Waals surface area (Å²) in [6.45, 7) is 0.727. The number of halogens is 4. The Morgan fingerprint density at radius 2 is 1.84 bits per heavy atom. The highest BCUT2D eigenvalue weighted by molar-refractivity contribution is 5.21. The number of aromatic nitrogens is 2. The lowest BCUT2D eigenvalue weighted by Crippen LogP contribution is -2.46. The Kier molecular flexibility index (Phi) is 6.33. The summed E-state index contributed by atoms with van der Waals surface area (Å²) in [6, 6.07) is 7.01. The largest absolute Gasteiger partial charge is 0.436 e. The molecule has 0 N–H and O–H groups in total. The van der Waals surface area contributed by atoms with Crippen LogP contribution in [0.2, 0.25) is 0 Å². The number of nitrogens with zero attached hydrogens (tertiary/aromatic N) is 2. The van der Waals surface area contributed by atoms with Crippen LogP contribution < -0.4 is 0 Å². The van der Waals surface area contributed by atoms with E-state index in [2.05, 4.69) is 16.0 Å². The van der Waals surface area contributed by atoms with Gasteiger partial charge in [0.15, 0.2) is 11.5 Å². The first-order valence-electron chi connectivity index (χ1n) is 11.1. The predicted molar refractivity (Wildman–Crippen MR) is 109 cm³/mol. The van der Waals surface area contributed by atoms with Crippen LogP contribution >= 0.6 is 0 Å². The zero-order chi connectivity index (χ0) is 22.0. The minimum absolute atomic E-state index is 0.0454. The lowest BCUT2D eigenvalue weighted by atomic mass is 9.67. The summed E-state index contributed by atoms with van der Waals surface area (Å²) >= 11 is 0. The molecule has 1 spiro atoms. The molecule has 2 aromatic rings. The average Bonchev–Trinajstić information content (AvgIpc) is 3.18. The van der Waals surface area contributed by atoms with Gasteiger partial charge in [-0.15, -0.1) is 0 Å². The smallest absolute Gasteiger partial charge is 0.375 e. The van der Waals surface area contributed by atoms with Crippen molar-refractivity contribution in [3.05, 3.63) is 59.4 Å². The molecule has 2 aliphatic rings. The van der Waals surface area contributed by atoms with Gasteiger partial charge in [-0.3, -0.25) is 4.98 Å². The van der Waals surface area contributed by atoms with Gasteiger partial charge in [-0.1, -0.05) is 25.3 Å². The maximum Gasteiger partial charge on any atom is 0.436 e. The van der Waals surface area contributed by atoms with Crippen LogP contribution in [0, 0.1) is 5.82 Å². The van der Waals surface area contributed by atoms with E-state index in [1.165, 1.54) is 12.8 Å². The quantitative estimate of drug-likeness (QED) is 0.388. The fourth-order valence-electron chi connectivity index (χ4n) is 5.41. The molecule has 0 aromatic carbocycles. The van der Waals surface area contributed by atoms with Crippen LogP contribution in [0.15, 0.2) is 36.7 Å². The van der Waals surface area contributed by atoms with Gasteiger partial charge in [-0.2, -0.15) is 13.2 Å². The standard InChI is InChI=1S/C24H28F4N2O/c25-19-15-18(16-30-21(19)24(26,27)28)7-1-3-9-22(20-8-2-6-13-29-20)12-14-31-23(17-22)10-4-5-11-23/h2,6,8,13,15-16H,1,3-5,7,9-12,14,17H2. The van der Waals surface area contributed by atoms with Crippen molar-refractivity contribution in [2.45, 2.75) is 81.4 Å². The number of pyridine rings is 2. The molecule has 31 heavy (non-hydrogen) atoms. The topological polar surface area (TPSA) is 35.0 Å². The highest BCUT2D eigenvalue weighted by Crippen LogP contribution is 2.50. The Morgan fingerprint density at radius 3 is 2.52 bits per heavy atom.